The van der Waals surface area contributed by atoms with Crippen LogP contribution in [0.25, 0.3) is 0 Å². The number of rotatable bonds is 6. The molecule has 0 saturated carbocycles. The van der Waals surface area contributed by atoms with E-state index in [9.17, 15) is 14.3 Å². The monoisotopic (exact) mass is 548 g/mol. The summed E-state index contributed by atoms with van der Waals surface area (Å²) < 4.78 is 29.5. The van der Waals surface area contributed by atoms with Crippen molar-refractivity contribution in [1.29, 1.82) is 0 Å². The molecule has 0 aromatic carbocycles. The minimum atomic E-state index is -4.25. The molecule has 0 aromatic heterocycles. The lowest BCUT2D eigenvalue weighted by Gasteiger charge is -2.25. The lowest BCUT2D eigenvalue weighted by molar-refractivity contribution is -0.870. The molecule has 0 spiro atoms. The zero-order valence-corrected chi connectivity index (χ0v) is 25.5. The van der Waals surface area contributed by atoms with E-state index in [0.29, 0.717) is 17.4 Å². The summed E-state index contributed by atoms with van der Waals surface area (Å²) in [6.45, 7) is 2.63. The smallest absolute Gasteiger partial charge is 0.463 e. The fourth-order valence-corrected chi connectivity index (χ4v) is 5.74. The van der Waals surface area contributed by atoms with Crippen molar-refractivity contribution in [3.63, 3.8) is 0 Å². The number of esters is 1. The maximum Gasteiger partial charge on any atom is 0.472 e. The molecule has 8 heteroatoms. The fraction of sp³-hybridized carbons (Fsp3) is 0.966. The second-order valence-corrected chi connectivity index (χ2v) is 13.5. The van der Waals surface area contributed by atoms with Gasteiger partial charge in [-0.15, -0.1) is 0 Å². The molecule has 1 N–H and O–H groups in total. The molecular formula is C29H59NO6P+. The van der Waals surface area contributed by atoms with Crippen LogP contribution in [0.5, 0.6) is 0 Å². The molecule has 0 aromatic rings. The highest BCUT2D eigenvalue weighted by atomic mass is 31.2. The Morgan fingerprint density at radius 3 is 1.62 bits per heavy atom. The first kappa shape index (κ1) is 34.6. The summed E-state index contributed by atoms with van der Waals surface area (Å²) in [7, 11) is 1.72. The van der Waals surface area contributed by atoms with Crippen LogP contribution in [-0.4, -0.2) is 61.8 Å². The molecular weight excluding hydrogens is 489 g/mol. The Kier molecular flexibility index (Phi) is 19.1. The van der Waals surface area contributed by atoms with E-state index in [4.69, 9.17) is 13.8 Å². The molecule has 1 aliphatic heterocycles. The van der Waals surface area contributed by atoms with Gasteiger partial charge in [0.05, 0.1) is 39.8 Å². The SMILES string of the molecule is C[C@H]1CCCCCCCCCCCCCCCCCCC[C@H](OP(=O)(O)OCC[N+](C)(C)C)CC(=O)O1. The van der Waals surface area contributed by atoms with Crippen LogP contribution in [0.1, 0.15) is 135 Å². The first-order valence-corrected chi connectivity index (χ1v) is 16.7. The Labute approximate surface area is 228 Å². The van der Waals surface area contributed by atoms with Crippen LogP contribution in [0, 0.1) is 0 Å². The summed E-state index contributed by atoms with van der Waals surface area (Å²) >= 11 is 0. The quantitative estimate of drug-likeness (QED) is 0.206. The molecule has 0 radical (unpaired) electrons. The van der Waals surface area contributed by atoms with Crippen LogP contribution in [0.3, 0.4) is 0 Å². The van der Waals surface area contributed by atoms with E-state index in [2.05, 4.69) is 0 Å². The van der Waals surface area contributed by atoms with Gasteiger partial charge in [-0.1, -0.05) is 103 Å². The van der Waals surface area contributed by atoms with Gasteiger partial charge in [0.1, 0.15) is 13.2 Å². The number of quaternary nitrogens is 1. The molecule has 3 atom stereocenters. The number of nitrogens with zero attached hydrogens (tertiary/aromatic N) is 1. The molecule has 0 bridgehead atoms. The predicted octanol–water partition coefficient (Wildman–Crippen LogP) is 7.94. The van der Waals surface area contributed by atoms with Crippen LogP contribution in [0.15, 0.2) is 0 Å². The van der Waals surface area contributed by atoms with Crippen LogP contribution in [0.4, 0.5) is 0 Å². The molecule has 1 unspecified atom stereocenters. The minimum Gasteiger partial charge on any atom is -0.463 e. The summed E-state index contributed by atoms with van der Waals surface area (Å²) in [4.78, 5) is 22.9. The maximum absolute atomic E-state index is 12.6. The van der Waals surface area contributed by atoms with Gasteiger partial charge in [0, 0.05) is 0 Å². The van der Waals surface area contributed by atoms with E-state index >= 15 is 0 Å². The number of ether oxygens (including phenoxy) is 1. The highest BCUT2D eigenvalue weighted by Gasteiger charge is 2.29. The molecule has 7 nitrogen and oxygen atoms in total. The van der Waals surface area contributed by atoms with Crippen molar-refractivity contribution in [3.8, 4) is 0 Å². The van der Waals surface area contributed by atoms with Gasteiger partial charge in [0.25, 0.3) is 0 Å². The fourth-order valence-electron chi connectivity index (χ4n) is 4.81. The first-order chi connectivity index (χ1) is 17.6. The third-order valence-corrected chi connectivity index (χ3v) is 8.24. The molecule has 1 saturated heterocycles. The van der Waals surface area contributed by atoms with Gasteiger partial charge < -0.3 is 14.1 Å². The lowest BCUT2D eigenvalue weighted by atomic mass is 10.0. The highest BCUT2D eigenvalue weighted by Crippen LogP contribution is 2.45. The van der Waals surface area contributed by atoms with Crippen LogP contribution in [-0.2, 0) is 23.1 Å². The third-order valence-electron chi connectivity index (χ3n) is 7.16. The average molecular weight is 549 g/mol. The van der Waals surface area contributed by atoms with Gasteiger partial charge in [-0.2, -0.15) is 0 Å². The molecule has 1 aliphatic rings. The summed E-state index contributed by atoms with van der Waals surface area (Å²) in [6.07, 6.45) is 21.7. The van der Waals surface area contributed by atoms with E-state index in [1.807, 2.05) is 28.1 Å². The van der Waals surface area contributed by atoms with E-state index in [-0.39, 0.29) is 25.1 Å². The van der Waals surface area contributed by atoms with Crippen LogP contribution < -0.4 is 0 Å². The Bertz CT molecular complexity index is 624. The molecule has 1 heterocycles. The third kappa shape index (κ3) is 22.1. The number of hydrogen-bond donors (Lipinski definition) is 1. The highest BCUT2D eigenvalue weighted by molar-refractivity contribution is 7.47. The number of likely N-dealkylation sites (N-methyl/N-ethyl adjacent to an activating group) is 1. The second-order valence-electron chi connectivity index (χ2n) is 12.1. The van der Waals surface area contributed by atoms with E-state index in [1.54, 1.807) is 0 Å². The van der Waals surface area contributed by atoms with Crippen molar-refractivity contribution in [3.05, 3.63) is 0 Å². The number of hydrogen-bond acceptors (Lipinski definition) is 5. The zero-order chi connectivity index (χ0) is 27.4. The Morgan fingerprint density at radius 1 is 0.784 bits per heavy atom. The standard InChI is InChI=1S/C29H58NO6P/c1-27-22-20-18-16-14-12-10-8-6-5-7-9-11-13-15-17-19-21-23-28(26-29(31)35-27)36-37(32,33)34-25-24-30(2,3)4/h27-28H,5-26H2,1-4H3/p+1/t27-,28-/m0/s1. The van der Waals surface area contributed by atoms with Crippen molar-refractivity contribution < 1.29 is 32.5 Å². The van der Waals surface area contributed by atoms with Gasteiger partial charge in [-0.3, -0.25) is 13.8 Å². The van der Waals surface area contributed by atoms with E-state index in [1.165, 1.54) is 83.5 Å². The summed E-state index contributed by atoms with van der Waals surface area (Å²) in [6, 6.07) is 0. The number of carbonyl (C=O) groups is 1. The van der Waals surface area contributed by atoms with Gasteiger partial charge in [-0.25, -0.2) is 4.57 Å². The van der Waals surface area contributed by atoms with Crippen LogP contribution in [0.2, 0.25) is 0 Å². The average Bonchev–Trinajstić information content (AvgIpc) is 2.78. The van der Waals surface area contributed by atoms with Crippen molar-refractivity contribution in [2.24, 2.45) is 0 Å². The molecule has 37 heavy (non-hydrogen) atoms. The Balaban J connectivity index is 2.59. The number of phosphoric ester groups is 1. The summed E-state index contributed by atoms with van der Waals surface area (Å²) in [5, 5.41) is 0. The Hall–Kier alpha value is -0.460. The zero-order valence-electron chi connectivity index (χ0n) is 24.6. The maximum atomic E-state index is 12.6. The molecule has 1 fully saturated rings. The summed E-state index contributed by atoms with van der Waals surface area (Å²) in [5.41, 5.74) is 0. The summed E-state index contributed by atoms with van der Waals surface area (Å²) in [5.74, 6) is -0.363. The molecule has 0 aliphatic carbocycles. The van der Waals surface area contributed by atoms with Crippen molar-refractivity contribution in [1.82, 2.24) is 0 Å². The van der Waals surface area contributed by atoms with Crippen molar-refractivity contribution in [2.45, 2.75) is 148 Å². The van der Waals surface area contributed by atoms with Crippen molar-refractivity contribution in [2.75, 3.05) is 34.3 Å². The largest absolute Gasteiger partial charge is 0.472 e. The van der Waals surface area contributed by atoms with E-state index in [0.717, 1.165) is 32.1 Å². The predicted molar refractivity (Wildman–Crippen MR) is 151 cm³/mol. The minimum absolute atomic E-state index is 0.0203. The van der Waals surface area contributed by atoms with Gasteiger partial charge in [0.15, 0.2) is 0 Å². The molecule has 0 amide bonds. The number of phosphoric acid groups is 1. The Morgan fingerprint density at radius 2 is 1.19 bits per heavy atom. The normalized spacial score (nSPS) is 25.9. The van der Waals surface area contributed by atoms with Crippen molar-refractivity contribution >= 4 is 13.8 Å². The van der Waals surface area contributed by atoms with E-state index < -0.39 is 13.9 Å². The second kappa shape index (κ2) is 20.4. The topological polar surface area (TPSA) is 82.1 Å². The van der Waals surface area contributed by atoms with Crippen LogP contribution >= 0.6 is 7.82 Å². The van der Waals surface area contributed by atoms with Gasteiger partial charge in [-0.05, 0) is 26.2 Å². The first-order valence-electron chi connectivity index (χ1n) is 15.2. The molecule has 220 valence electrons. The number of carbonyl (C=O) groups excluding carboxylic acids is 1. The molecule has 1 rings (SSSR count). The van der Waals surface area contributed by atoms with Gasteiger partial charge in [0.2, 0.25) is 0 Å². The lowest BCUT2D eigenvalue weighted by Crippen LogP contribution is -2.37. The number of cyclic esters (lactones) is 1. The van der Waals surface area contributed by atoms with Gasteiger partial charge >= 0.3 is 13.8 Å².